The van der Waals surface area contributed by atoms with Gasteiger partial charge in [-0.1, -0.05) is 12.1 Å². The van der Waals surface area contributed by atoms with E-state index in [4.69, 9.17) is 5.26 Å². The highest BCUT2D eigenvalue weighted by Gasteiger charge is 2.44. The van der Waals surface area contributed by atoms with Crippen molar-refractivity contribution in [3.05, 3.63) is 36.2 Å². The maximum atomic E-state index is 13.0. The predicted octanol–water partition coefficient (Wildman–Crippen LogP) is 2.87. The molecule has 18 heavy (non-hydrogen) atoms. The molecule has 1 aliphatic heterocycles. The number of nitriles is 1. The molecule has 1 N–H and O–H groups in total. The van der Waals surface area contributed by atoms with Crippen LogP contribution in [-0.2, 0) is 0 Å². The van der Waals surface area contributed by atoms with E-state index in [1.165, 1.54) is 6.07 Å². The molecule has 90 valence electrons. The lowest BCUT2D eigenvalue weighted by Gasteiger charge is -2.05. The number of nitrogens with one attached hydrogen (secondary N) is 1. The standard InChI is InChI=1S/C12H6F2N2O2/c13-12(14)17-10-3-1-2-9(11(10)18-12)7-4-8(5-15)16-6-7/h1-4,6,16H. The number of halogens is 2. The van der Waals surface area contributed by atoms with E-state index in [1.54, 1.807) is 24.4 Å². The van der Waals surface area contributed by atoms with Crippen LogP contribution in [-0.4, -0.2) is 11.3 Å². The molecule has 1 aromatic carbocycles. The molecule has 6 heteroatoms. The Kier molecular flexibility index (Phi) is 2.04. The number of ether oxygens (including phenoxy) is 2. The summed E-state index contributed by atoms with van der Waals surface area (Å²) >= 11 is 0. The van der Waals surface area contributed by atoms with Crippen LogP contribution >= 0.6 is 0 Å². The van der Waals surface area contributed by atoms with Gasteiger partial charge in [0.15, 0.2) is 11.5 Å². The van der Waals surface area contributed by atoms with Gasteiger partial charge in [-0.25, -0.2) is 0 Å². The smallest absolute Gasteiger partial charge is 0.395 e. The lowest BCUT2D eigenvalue weighted by molar-refractivity contribution is -0.286. The lowest BCUT2D eigenvalue weighted by Crippen LogP contribution is -2.26. The molecular formula is C12H6F2N2O2. The summed E-state index contributed by atoms with van der Waals surface area (Å²) in [5, 5.41) is 8.72. The minimum Gasteiger partial charge on any atom is -0.395 e. The van der Waals surface area contributed by atoms with Crippen LogP contribution in [0.25, 0.3) is 11.1 Å². The molecular weight excluding hydrogens is 242 g/mol. The molecule has 0 saturated heterocycles. The van der Waals surface area contributed by atoms with Crippen LogP contribution in [0.4, 0.5) is 8.78 Å². The molecule has 0 unspecified atom stereocenters. The maximum absolute atomic E-state index is 13.0. The van der Waals surface area contributed by atoms with Gasteiger partial charge in [0, 0.05) is 17.3 Å². The van der Waals surface area contributed by atoms with Crippen LogP contribution < -0.4 is 9.47 Å². The van der Waals surface area contributed by atoms with E-state index in [0.717, 1.165) is 0 Å². The molecule has 2 heterocycles. The summed E-state index contributed by atoms with van der Waals surface area (Å²) in [5.41, 5.74) is 1.38. The van der Waals surface area contributed by atoms with Gasteiger partial charge in [-0.2, -0.15) is 5.26 Å². The van der Waals surface area contributed by atoms with Gasteiger partial charge < -0.3 is 14.5 Å². The zero-order chi connectivity index (χ0) is 12.8. The second-order valence-electron chi connectivity index (χ2n) is 3.71. The molecule has 0 atom stereocenters. The van der Waals surface area contributed by atoms with Crippen molar-refractivity contribution >= 4 is 0 Å². The SMILES string of the molecule is N#Cc1cc(-c2cccc3c2OC(F)(F)O3)c[nH]1. The summed E-state index contributed by atoms with van der Waals surface area (Å²) in [7, 11) is 0. The molecule has 3 rings (SSSR count). The van der Waals surface area contributed by atoms with E-state index in [1.807, 2.05) is 6.07 Å². The highest BCUT2D eigenvalue weighted by atomic mass is 19.3. The monoisotopic (exact) mass is 248 g/mol. The van der Waals surface area contributed by atoms with Crippen molar-refractivity contribution in [3.8, 4) is 28.7 Å². The molecule has 0 bridgehead atoms. The summed E-state index contributed by atoms with van der Waals surface area (Å²) < 4.78 is 34.8. The Morgan fingerprint density at radius 1 is 1.28 bits per heavy atom. The quantitative estimate of drug-likeness (QED) is 0.844. The summed E-state index contributed by atoms with van der Waals surface area (Å²) in [6.07, 6.45) is -2.10. The van der Waals surface area contributed by atoms with Crippen molar-refractivity contribution in [3.63, 3.8) is 0 Å². The van der Waals surface area contributed by atoms with Gasteiger partial charge in [0.2, 0.25) is 0 Å². The number of para-hydroxylation sites is 1. The number of nitrogens with zero attached hydrogens (tertiary/aromatic N) is 1. The largest absolute Gasteiger partial charge is 0.586 e. The van der Waals surface area contributed by atoms with Gasteiger partial charge in [-0.3, -0.25) is 0 Å². The first-order chi connectivity index (χ1) is 8.59. The number of fused-ring (bicyclic) bond motifs is 1. The number of hydrogen-bond donors (Lipinski definition) is 1. The van der Waals surface area contributed by atoms with Gasteiger partial charge in [0.05, 0.1) is 0 Å². The van der Waals surface area contributed by atoms with Crippen LogP contribution in [0.1, 0.15) is 5.69 Å². The molecule has 2 aromatic rings. The van der Waals surface area contributed by atoms with Crippen molar-refractivity contribution in [1.29, 1.82) is 5.26 Å². The van der Waals surface area contributed by atoms with E-state index in [-0.39, 0.29) is 11.5 Å². The number of benzene rings is 1. The van der Waals surface area contributed by atoms with E-state index < -0.39 is 6.29 Å². The average molecular weight is 248 g/mol. The minimum atomic E-state index is -3.65. The van der Waals surface area contributed by atoms with Crippen LogP contribution in [0.15, 0.2) is 30.5 Å². The van der Waals surface area contributed by atoms with Crippen LogP contribution in [0.5, 0.6) is 11.5 Å². The number of aromatic amines is 1. The Labute approximate surface area is 100 Å². The van der Waals surface area contributed by atoms with Gasteiger partial charge in [-0.05, 0) is 12.1 Å². The van der Waals surface area contributed by atoms with Crippen molar-refractivity contribution in [2.45, 2.75) is 6.29 Å². The second-order valence-corrected chi connectivity index (χ2v) is 3.71. The third-order valence-corrected chi connectivity index (χ3v) is 2.54. The number of rotatable bonds is 1. The summed E-state index contributed by atoms with van der Waals surface area (Å²) in [6, 6.07) is 8.08. The third-order valence-electron chi connectivity index (χ3n) is 2.54. The highest BCUT2D eigenvalue weighted by molar-refractivity contribution is 5.75. The molecule has 0 radical (unpaired) electrons. The lowest BCUT2D eigenvalue weighted by atomic mass is 10.1. The second kappa shape index (κ2) is 3.47. The normalized spacial score (nSPS) is 15.4. The van der Waals surface area contributed by atoms with Crippen molar-refractivity contribution in [1.82, 2.24) is 4.98 Å². The van der Waals surface area contributed by atoms with E-state index in [0.29, 0.717) is 16.8 Å². The molecule has 0 fully saturated rings. The minimum absolute atomic E-state index is 0.0165. The van der Waals surface area contributed by atoms with Crippen molar-refractivity contribution in [2.75, 3.05) is 0 Å². The Bertz CT molecular complexity index is 658. The number of aromatic nitrogens is 1. The molecule has 4 nitrogen and oxygen atoms in total. The first-order valence-electron chi connectivity index (χ1n) is 5.07. The Hall–Kier alpha value is -2.55. The zero-order valence-electron chi connectivity index (χ0n) is 8.91. The first-order valence-corrected chi connectivity index (χ1v) is 5.07. The zero-order valence-corrected chi connectivity index (χ0v) is 8.91. The Morgan fingerprint density at radius 2 is 2.11 bits per heavy atom. The average Bonchev–Trinajstić information content (AvgIpc) is 2.89. The number of H-pyrrole nitrogens is 1. The summed E-state index contributed by atoms with van der Waals surface area (Å²) in [6.45, 7) is 0. The van der Waals surface area contributed by atoms with Gasteiger partial charge in [0.1, 0.15) is 11.8 Å². The molecule has 0 spiro atoms. The van der Waals surface area contributed by atoms with E-state index >= 15 is 0 Å². The number of alkyl halides is 2. The summed E-state index contributed by atoms with van der Waals surface area (Å²) in [5.74, 6) is -0.0387. The highest BCUT2D eigenvalue weighted by Crippen LogP contribution is 2.46. The van der Waals surface area contributed by atoms with Crippen LogP contribution in [0.3, 0.4) is 0 Å². The first kappa shape index (κ1) is 10.6. The topological polar surface area (TPSA) is 58.0 Å². The predicted molar refractivity (Wildman–Crippen MR) is 57.1 cm³/mol. The fraction of sp³-hybridized carbons (Fsp3) is 0.0833. The Morgan fingerprint density at radius 3 is 2.83 bits per heavy atom. The molecule has 0 aliphatic carbocycles. The van der Waals surface area contributed by atoms with E-state index in [9.17, 15) is 8.78 Å². The summed E-state index contributed by atoms with van der Waals surface area (Å²) in [4.78, 5) is 2.72. The third kappa shape index (κ3) is 1.57. The van der Waals surface area contributed by atoms with Gasteiger partial charge in [0.25, 0.3) is 0 Å². The molecule has 1 aliphatic rings. The molecule has 1 aromatic heterocycles. The van der Waals surface area contributed by atoms with Crippen LogP contribution in [0, 0.1) is 11.3 Å². The van der Waals surface area contributed by atoms with Gasteiger partial charge in [-0.15, -0.1) is 8.78 Å². The van der Waals surface area contributed by atoms with Crippen molar-refractivity contribution < 1.29 is 18.3 Å². The number of hydrogen-bond acceptors (Lipinski definition) is 3. The Balaban J connectivity index is 2.11. The van der Waals surface area contributed by atoms with Crippen molar-refractivity contribution in [2.24, 2.45) is 0 Å². The fourth-order valence-electron chi connectivity index (χ4n) is 1.81. The fourth-order valence-corrected chi connectivity index (χ4v) is 1.81. The molecule has 0 saturated carbocycles. The van der Waals surface area contributed by atoms with Gasteiger partial charge >= 0.3 is 6.29 Å². The molecule has 0 amide bonds. The van der Waals surface area contributed by atoms with Crippen LogP contribution in [0.2, 0.25) is 0 Å². The van der Waals surface area contributed by atoms with E-state index in [2.05, 4.69) is 14.5 Å². The maximum Gasteiger partial charge on any atom is 0.586 e.